The number of aryl methyl sites for hydroxylation is 2. The summed E-state index contributed by atoms with van der Waals surface area (Å²) in [6.07, 6.45) is 2.97. The number of nitrogens with one attached hydrogen (secondary N) is 1. The largest absolute Gasteiger partial charge is 0.490 e. The molecule has 1 heterocycles. The Bertz CT molecular complexity index is 819. The van der Waals surface area contributed by atoms with Gasteiger partial charge in [-0.2, -0.15) is 0 Å². The molecule has 29 heavy (non-hydrogen) atoms. The van der Waals surface area contributed by atoms with E-state index in [0.29, 0.717) is 31.8 Å². The molecule has 1 aromatic carbocycles. The maximum Gasteiger partial charge on any atom is 0.220 e. The Balaban J connectivity index is 2.01. The molecule has 158 valence electrons. The second kappa shape index (κ2) is 11.0. The molecule has 0 spiro atoms. The van der Waals surface area contributed by atoms with E-state index in [0.717, 1.165) is 33.4 Å². The zero-order valence-electron chi connectivity index (χ0n) is 18.2. The Morgan fingerprint density at radius 1 is 1.10 bits per heavy atom. The van der Waals surface area contributed by atoms with Crippen molar-refractivity contribution in [3.05, 3.63) is 40.7 Å². The fourth-order valence-corrected chi connectivity index (χ4v) is 3.59. The van der Waals surface area contributed by atoms with Crippen molar-refractivity contribution in [2.24, 2.45) is 0 Å². The lowest BCUT2D eigenvalue weighted by Gasteiger charge is -2.18. The van der Waals surface area contributed by atoms with Gasteiger partial charge in [-0.1, -0.05) is 17.8 Å². The number of ether oxygens (including phenoxy) is 2. The molecule has 2 aromatic rings. The monoisotopic (exact) mass is 417 g/mol. The SMILES string of the molecule is CCOc1ccc(C(C)NC(=O)CCc2c(C)nc(SC)nc2C)cc1OCC. The van der Waals surface area contributed by atoms with Gasteiger partial charge in [0.25, 0.3) is 0 Å². The molecule has 0 saturated carbocycles. The number of aromatic nitrogens is 2. The minimum atomic E-state index is -0.130. The van der Waals surface area contributed by atoms with Gasteiger partial charge in [-0.15, -0.1) is 0 Å². The first kappa shape index (κ1) is 23.0. The molecule has 0 bridgehead atoms. The van der Waals surface area contributed by atoms with Gasteiger partial charge in [0, 0.05) is 17.8 Å². The molecule has 1 unspecified atom stereocenters. The summed E-state index contributed by atoms with van der Waals surface area (Å²) in [5.41, 5.74) is 3.90. The number of amides is 1. The van der Waals surface area contributed by atoms with Crippen LogP contribution >= 0.6 is 11.8 Å². The summed E-state index contributed by atoms with van der Waals surface area (Å²) in [6.45, 7) is 10.9. The molecule has 1 N–H and O–H groups in total. The van der Waals surface area contributed by atoms with E-state index in [1.54, 1.807) is 0 Å². The summed E-state index contributed by atoms with van der Waals surface area (Å²) in [5.74, 6) is 1.42. The molecule has 2 rings (SSSR count). The molecule has 0 aliphatic heterocycles. The van der Waals surface area contributed by atoms with Crippen molar-refractivity contribution in [3.8, 4) is 11.5 Å². The molecule has 7 heteroatoms. The van der Waals surface area contributed by atoms with Crippen LogP contribution in [0.2, 0.25) is 0 Å². The minimum Gasteiger partial charge on any atom is -0.490 e. The van der Waals surface area contributed by atoms with Crippen LogP contribution in [0, 0.1) is 13.8 Å². The predicted molar refractivity (Wildman–Crippen MR) is 117 cm³/mol. The van der Waals surface area contributed by atoms with Gasteiger partial charge >= 0.3 is 0 Å². The molecule has 1 aromatic heterocycles. The highest BCUT2D eigenvalue weighted by Gasteiger charge is 2.15. The average molecular weight is 418 g/mol. The van der Waals surface area contributed by atoms with Gasteiger partial charge in [0.1, 0.15) is 0 Å². The number of benzene rings is 1. The minimum absolute atomic E-state index is 0.00270. The van der Waals surface area contributed by atoms with Gasteiger partial charge in [-0.25, -0.2) is 9.97 Å². The standard InChI is InChI=1S/C22H31N3O3S/c1-7-27-19-11-9-17(13-20(19)28-8-2)14(3)23-21(26)12-10-18-15(4)24-22(29-6)25-16(18)5/h9,11,13-14H,7-8,10,12H2,1-6H3,(H,23,26). The first-order valence-electron chi connectivity index (χ1n) is 9.96. The van der Waals surface area contributed by atoms with Gasteiger partial charge in [0.2, 0.25) is 5.91 Å². The molecule has 1 amide bonds. The molecule has 0 saturated heterocycles. The van der Waals surface area contributed by atoms with E-state index in [4.69, 9.17) is 9.47 Å². The Morgan fingerprint density at radius 2 is 1.72 bits per heavy atom. The van der Waals surface area contributed by atoms with Crippen LogP contribution in [0.15, 0.2) is 23.4 Å². The van der Waals surface area contributed by atoms with Crippen LogP contribution < -0.4 is 14.8 Å². The van der Waals surface area contributed by atoms with E-state index in [2.05, 4.69) is 15.3 Å². The Hall–Kier alpha value is -2.28. The molecular weight excluding hydrogens is 386 g/mol. The summed E-state index contributed by atoms with van der Waals surface area (Å²) < 4.78 is 11.3. The number of hydrogen-bond acceptors (Lipinski definition) is 6. The van der Waals surface area contributed by atoms with Crippen LogP contribution in [0.4, 0.5) is 0 Å². The molecule has 0 aliphatic carbocycles. The Kier molecular flexibility index (Phi) is 8.76. The molecule has 0 fully saturated rings. The maximum absolute atomic E-state index is 12.5. The van der Waals surface area contributed by atoms with Crippen LogP contribution in [0.25, 0.3) is 0 Å². The average Bonchev–Trinajstić information content (AvgIpc) is 2.68. The number of carbonyl (C=O) groups is 1. The predicted octanol–water partition coefficient (Wildman–Crippen LogP) is 4.42. The van der Waals surface area contributed by atoms with E-state index < -0.39 is 0 Å². The van der Waals surface area contributed by atoms with Crippen LogP contribution in [0.5, 0.6) is 11.5 Å². The van der Waals surface area contributed by atoms with E-state index >= 15 is 0 Å². The lowest BCUT2D eigenvalue weighted by atomic mass is 10.0. The van der Waals surface area contributed by atoms with Crippen molar-refractivity contribution in [3.63, 3.8) is 0 Å². The lowest BCUT2D eigenvalue weighted by molar-refractivity contribution is -0.121. The van der Waals surface area contributed by atoms with E-state index in [9.17, 15) is 4.79 Å². The topological polar surface area (TPSA) is 73.3 Å². The van der Waals surface area contributed by atoms with Crippen LogP contribution in [-0.4, -0.2) is 35.3 Å². The third-order valence-electron chi connectivity index (χ3n) is 4.63. The molecule has 0 aliphatic rings. The highest BCUT2D eigenvalue weighted by molar-refractivity contribution is 7.98. The van der Waals surface area contributed by atoms with Gasteiger partial charge in [0.05, 0.1) is 19.3 Å². The highest BCUT2D eigenvalue weighted by Crippen LogP contribution is 2.30. The number of rotatable bonds is 10. The van der Waals surface area contributed by atoms with Crippen molar-refractivity contribution < 1.29 is 14.3 Å². The molecular formula is C22H31N3O3S. The molecule has 0 radical (unpaired) electrons. The Morgan fingerprint density at radius 3 is 2.31 bits per heavy atom. The number of hydrogen-bond donors (Lipinski definition) is 1. The van der Waals surface area contributed by atoms with Gasteiger partial charge in [-0.05, 0) is 70.6 Å². The van der Waals surface area contributed by atoms with E-state index in [1.165, 1.54) is 11.8 Å². The van der Waals surface area contributed by atoms with E-state index in [-0.39, 0.29) is 11.9 Å². The number of thioether (sulfide) groups is 1. The first-order valence-corrected chi connectivity index (χ1v) is 11.2. The highest BCUT2D eigenvalue weighted by atomic mass is 32.2. The van der Waals surface area contributed by atoms with Crippen LogP contribution in [0.3, 0.4) is 0 Å². The zero-order valence-corrected chi connectivity index (χ0v) is 19.0. The normalized spacial score (nSPS) is 11.8. The fourth-order valence-electron chi connectivity index (χ4n) is 3.13. The zero-order chi connectivity index (χ0) is 21.4. The summed E-state index contributed by atoms with van der Waals surface area (Å²) in [4.78, 5) is 21.5. The molecule has 6 nitrogen and oxygen atoms in total. The Labute approximate surface area is 177 Å². The van der Waals surface area contributed by atoms with Gasteiger partial charge < -0.3 is 14.8 Å². The van der Waals surface area contributed by atoms with E-state index in [1.807, 2.05) is 59.1 Å². The quantitative estimate of drug-likeness (QED) is 0.456. The van der Waals surface area contributed by atoms with Crippen molar-refractivity contribution >= 4 is 17.7 Å². The number of nitrogens with zero attached hydrogens (tertiary/aromatic N) is 2. The molecule has 1 atom stereocenters. The van der Waals surface area contributed by atoms with Crippen molar-refractivity contribution in [1.82, 2.24) is 15.3 Å². The second-order valence-electron chi connectivity index (χ2n) is 6.72. The van der Waals surface area contributed by atoms with Crippen LogP contribution in [-0.2, 0) is 11.2 Å². The van der Waals surface area contributed by atoms with Gasteiger partial charge in [0.15, 0.2) is 16.7 Å². The van der Waals surface area contributed by atoms with Crippen LogP contribution in [0.1, 0.15) is 55.7 Å². The fraction of sp³-hybridized carbons (Fsp3) is 0.500. The van der Waals surface area contributed by atoms with Crippen molar-refractivity contribution in [1.29, 1.82) is 0 Å². The van der Waals surface area contributed by atoms with Crippen molar-refractivity contribution in [2.45, 2.75) is 58.7 Å². The first-order chi connectivity index (χ1) is 13.9. The summed E-state index contributed by atoms with van der Waals surface area (Å²) in [6, 6.07) is 5.66. The lowest BCUT2D eigenvalue weighted by Crippen LogP contribution is -2.27. The third-order valence-corrected chi connectivity index (χ3v) is 5.18. The van der Waals surface area contributed by atoms with Crippen molar-refractivity contribution in [2.75, 3.05) is 19.5 Å². The smallest absolute Gasteiger partial charge is 0.220 e. The summed E-state index contributed by atoms with van der Waals surface area (Å²) in [5, 5.41) is 3.83. The summed E-state index contributed by atoms with van der Waals surface area (Å²) in [7, 11) is 0. The van der Waals surface area contributed by atoms with Gasteiger partial charge in [-0.3, -0.25) is 4.79 Å². The number of carbonyl (C=O) groups excluding carboxylic acids is 1. The third kappa shape index (κ3) is 6.35. The maximum atomic E-state index is 12.5. The second-order valence-corrected chi connectivity index (χ2v) is 7.49. The summed E-state index contributed by atoms with van der Waals surface area (Å²) >= 11 is 1.52.